The predicted octanol–water partition coefficient (Wildman–Crippen LogP) is 2.76. The van der Waals surface area contributed by atoms with Gasteiger partial charge in [-0.2, -0.15) is 0 Å². The number of hydrogen-bond acceptors (Lipinski definition) is 3. The molecule has 21 heavy (non-hydrogen) atoms. The van der Waals surface area contributed by atoms with E-state index in [-0.39, 0.29) is 10.6 Å². The number of anilines is 1. The molecule has 0 saturated heterocycles. The summed E-state index contributed by atoms with van der Waals surface area (Å²) in [6.45, 7) is 3.68. The summed E-state index contributed by atoms with van der Waals surface area (Å²) in [5.74, 6) is -0.682. The standard InChI is InChI=1S/C15H17FN2O2S/c1-10-3-5-12(6-4-10)11(2)18-21(19,20)15-8-13(16)7-14(17)9-15/h3-9,11,18H,17H2,1-2H3. The van der Waals surface area contributed by atoms with Crippen molar-refractivity contribution in [3.8, 4) is 0 Å². The topological polar surface area (TPSA) is 72.2 Å². The Bertz CT molecular complexity index is 723. The Labute approximate surface area is 123 Å². The third kappa shape index (κ3) is 3.80. The summed E-state index contributed by atoms with van der Waals surface area (Å²) in [5.41, 5.74) is 7.47. The number of nitrogen functional groups attached to an aromatic ring is 1. The van der Waals surface area contributed by atoms with Crippen LogP contribution in [0.5, 0.6) is 0 Å². The molecule has 1 unspecified atom stereocenters. The van der Waals surface area contributed by atoms with Crippen molar-refractivity contribution in [1.82, 2.24) is 4.72 Å². The second-order valence-electron chi connectivity index (χ2n) is 4.97. The van der Waals surface area contributed by atoms with Crippen LogP contribution in [0.2, 0.25) is 0 Å². The van der Waals surface area contributed by atoms with Crippen LogP contribution >= 0.6 is 0 Å². The van der Waals surface area contributed by atoms with Gasteiger partial charge in [-0.15, -0.1) is 0 Å². The first-order valence-corrected chi connectivity index (χ1v) is 7.91. The molecule has 2 rings (SSSR count). The van der Waals surface area contributed by atoms with Crippen LogP contribution in [0.1, 0.15) is 24.1 Å². The smallest absolute Gasteiger partial charge is 0.241 e. The maximum Gasteiger partial charge on any atom is 0.241 e. The normalized spacial score (nSPS) is 13.1. The molecule has 2 aromatic carbocycles. The lowest BCUT2D eigenvalue weighted by atomic mass is 10.1. The summed E-state index contributed by atoms with van der Waals surface area (Å²) in [7, 11) is -3.83. The molecular weight excluding hydrogens is 291 g/mol. The quantitative estimate of drug-likeness (QED) is 0.853. The van der Waals surface area contributed by atoms with Gasteiger partial charge in [0.15, 0.2) is 0 Å². The van der Waals surface area contributed by atoms with Gasteiger partial charge in [0.25, 0.3) is 0 Å². The average molecular weight is 308 g/mol. The first kappa shape index (κ1) is 15.5. The zero-order valence-corrected chi connectivity index (χ0v) is 12.6. The maximum absolute atomic E-state index is 13.3. The fourth-order valence-corrected chi connectivity index (χ4v) is 3.26. The van der Waals surface area contributed by atoms with Crippen molar-refractivity contribution in [3.05, 3.63) is 59.4 Å². The van der Waals surface area contributed by atoms with Gasteiger partial charge in [0.2, 0.25) is 10.0 Å². The number of hydrogen-bond donors (Lipinski definition) is 2. The molecule has 0 aliphatic heterocycles. The number of aryl methyl sites for hydroxylation is 1. The molecule has 0 saturated carbocycles. The van der Waals surface area contributed by atoms with E-state index in [1.807, 2.05) is 31.2 Å². The molecule has 112 valence electrons. The van der Waals surface area contributed by atoms with Crippen molar-refractivity contribution in [2.24, 2.45) is 0 Å². The van der Waals surface area contributed by atoms with Crippen LogP contribution in [0, 0.1) is 12.7 Å². The summed E-state index contributed by atoms with van der Waals surface area (Å²) in [6, 6.07) is 10.3. The van der Waals surface area contributed by atoms with Crippen molar-refractivity contribution in [3.63, 3.8) is 0 Å². The van der Waals surface area contributed by atoms with Gasteiger partial charge < -0.3 is 5.73 Å². The van der Waals surface area contributed by atoms with Crippen molar-refractivity contribution in [1.29, 1.82) is 0 Å². The van der Waals surface area contributed by atoms with Crippen LogP contribution in [-0.4, -0.2) is 8.42 Å². The summed E-state index contributed by atoms with van der Waals surface area (Å²) in [4.78, 5) is -0.182. The minimum absolute atomic E-state index is 0.0679. The van der Waals surface area contributed by atoms with Crippen LogP contribution in [0.4, 0.5) is 10.1 Å². The van der Waals surface area contributed by atoms with Gasteiger partial charge in [-0.25, -0.2) is 17.5 Å². The maximum atomic E-state index is 13.3. The van der Waals surface area contributed by atoms with Gasteiger partial charge in [0.1, 0.15) is 5.82 Å². The Balaban J connectivity index is 2.26. The lowest BCUT2D eigenvalue weighted by Crippen LogP contribution is -2.27. The number of nitrogens with one attached hydrogen (secondary N) is 1. The molecule has 2 aromatic rings. The minimum Gasteiger partial charge on any atom is -0.399 e. The number of benzene rings is 2. The molecule has 0 heterocycles. The van der Waals surface area contributed by atoms with E-state index in [0.717, 1.165) is 23.3 Å². The summed E-state index contributed by atoms with van der Waals surface area (Å²) in [5, 5.41) is 0. The number of nitrogens with two attached hydrogens (primary N) is 1. The largest absolute Gasteiger partial charge is 0.399 e. The SMILES string of the molecule is Cc1ccc(C(C)NS(=O)(=O)c2cc(N)cc(F)c2)cc1. The van der Waals surface area contributed by atoms with Crippen molar-refractivity contribution in [2.75, 3.05) is 5.73 Å². The third-order valence-corrected chi connectivity index (χ3v) is 4.63. The second kappa shape index (κ2) is 5.83. The van der Waals surface area contributed by atoms with Gasteiger partial charge in [0.05, 0.1) is 4.90 Å². The Hall–Kier alpha value is -1.92. The van der Waals surface area contributed by atoms with Gasteiger partial charge in [0, 0.05) is 11.7 Å². The first-order valence-electron chi connectivity index (χ1n) is 6.43. The molecule has 0 radical (unpaired) electrons. The predicted molar refractivity (Wildman–Crippen MR) is 80.7 cm³/mol. The molecule has 0 aliphatic carbocycles. The lowest BCUT2D eigenvalue weighted by Gasteiger charge is -2.15. The third-order valence-electron chi connectivity index (χ3n) is 3.11. The van der Waals surface area contributed by atoms with Crippen molar-refractivity contribution < 1.29 is 12.8 Å². The molecule has 0 fully saturated rings. The molecule has 0 aromatic heterocycles. The van der Waals surface area contributed by atoms with Crippen LogP contribution < -0.4 is 10.5 Å². The Kier molecular flexibility index (Phi) is 4.29. The molecule has 4 nitrogen and oxygen atoms in total. The van der Waals surface area contributed by atoms with E-state index in [0.29, 0.717) is 0 Å². The zero-order valence-electron chi connectivity index (χ0n) is 11.8. The molecule has 0 aliphatic rings. The molecule has 3 N–H and O–H groups in total. The summed E-state index contributed by atoms with van der Waals surface area (Å²) < 4.78 is 40.3. The number of sulfonamides is 1. The highest BCUT2D eigenvalue weighted by molar-refractivity contribution is 7.89. The van der Waals surface area contributed by atoms with Crippen LogP contribution in [-0.2, 0) is 10.0 Å². The number of halogens is 1. The van der Waals surface area contributed by atoms with E-state index in [2.05, 4.69) is 4.72 Å². The fraction of sp³-hybridized carbons (Fsp3) is 0.200. The Morgan fingerprint density at radius 3 is 2.33 bits per heavy atom. The molecule has 0 spiro atoms. The van der Waals surface area contributed by atoms with E-state index >= 15 is 0 Å². The van der Waals surface area contributed by atoms with Gasteiger partial charge >= 0.3 is 0 Å². The Morgan fingerprint density at radius 1 is 1.14 bits per heavy atom. The Morgan fingerprint density at radius 2 is 1.76 bits per heavy atom. The van der Waals surface area contributed by atoms with Crippen LogP contribution in [0.25, 0.3) is 0 Å². The highest BCUT2D eigenvalue weighted by Gasteiger charge is 2.19. The highest BCUT2D eigenvalue weighted by Crippen LogP contribution is 2.20. The first-order chi connectivity index (χ1) is 9.78. The molecular formula is C15H17FN2O2S. The van der Waals surface area contributed by atoms with E-state index in [1.54, 1.807) is 6.92 Å². The van der Waals surface area contributed by atoms with Crippen molar-refractivity contribution in [2.45, 2.75) is 24.8 Å². The summed E-state index contributed by atoms with van der Waals surface area (Å²) >= 11 is 0. The van der Waals surface area contributed by atoms with E-state index in [9.17, 15) is 12.8 Å². The van der Waals surface area contributed by atoms with Crippen molar-refractivity contribution >= 4 is 15.7 Å². The molecule has 6 heteroatoms. The molecule has 0 bridgehead atoms. The zero-order chi connectivity index (χ0) is 15.6. The van der Waals surface area contributed by atoms with Crippen LogP contribution in [0.3, 0.4) is 0 Å². The fourth-order valence-electron chi connectivity index (χ4n) is 1.96. The molecule has 1 atom stereocenters. The van der Waals surface area contributed by atoms with E-state index < -0.39 is 21.9 Å². The lowest BCUT2D eigenvalue weighted by molar-refractivity contribution is 0.564. The average Bonchev–Trinajstić information content (AvgIpc) is 2.37. The number of rotatable bonds is 4. The van der Waals surface area contributed by atoms with Gasteiger partial charge in [-0.1, -0.05) is 29.8 Å². The monoisotopic (exact) mass is 308 g/mol. The molecule has 0 amide bonds. The van der Waals surface area contributed by atoms with E-state index in [1.165, 1.54) is 6.07 Å². The summed E-state index contributed by atoms with van der Waals surface area (Å²) in [6.07, 6.45) is 0. The minimum atomic E-state index is -3.83. The van der Waals surface area contributed by atoms with E-state index in [4.69, 9.17) is 5.73 Å². The van der Waals surface area contributed by atoms with Gasteiger partial charge in [-0.3, -0.25) is 0 Å². The highest BCUT2D eigenvalue weighted by atomic mass is 32.2. The second-order valence-corrected chi connectivity index (χ2v) is 6.69. The van der Waals surface area contributed by atoms with Crippen LogP contribution in [0.15, 0.2) is 47.4 Å². The van der Waals surface area contributed by atoms with Gasteiger partial charge in [-0.05, 0) is 37.6 Å².